The molecule has 1 atom stereocenters. The number of aryl methyl sites for hydroxylation is 4. The number of hydrogen-bond acceptors (Lipinski definition) is 4. The quantitative estimate of drug-likeness (QED) is 0.535. The Hall–Kier alpha value is -2.70. The molecular weight excluding hydrogens is 448 g/mol. The lowest BCUT2D eigenvalue weighted by atomic mass is 10.0. The molecule has 0 aliphatic carbocycles. The molecule has 4 rings (SSSR count). The average Bonchev–Trinajstić information content (AvgIpc) is 2.85. The second-order valence-corrected chi connectivity index (χ2v) is 10.1. The van der Waals surface area contributed by atoms with Crippen molar-refractivity contribution in [1.82, 2.24) is 9.80 Å². The van der Waals surface area contributed by atoms with Crippen molar-refractivity contribution in [3.63, 3.8) is 0 Å². The van der Waals surface area contributed by atoms with E-state index in [1.54, 1.807) is 0 Å². The van der Waals surface area contributed by atoms with Crippen LogP contribution in [0.25, 0.3) is 0 Å². The second-order valence-electron chi connectivity index (χ2n) is 10.1. The van der Waals surface area contributed by atoms with E-state index in [1.807, 2.05) is 71.1 Å². The van der Waals surface area contributed by atoms with E-state index in [1.165, 1.54) is 38.8 Å². The number of amides is 2. The van der Waals surface area contributed by atoms with Gasteiger partial charge in [0.05, 0.1) is 6.04 Å². The summed E-state index contributed by atoms with van der Waals surface area (Å²) < 4.78 is 0. The highest BCUT2D eigenvalue weighted by molar-refractivity contribution is 5.96. The Morgan fingerprint density at radius 2 is 1.28 bits per heavy atom. The Bertz CT molecular complexity index is 929. The normalized spacial score (nSPS) is 18.1. The van der Waals surface area contributed by atoms with Crippen LogP contribution in [0.3, 0.4) is 0 Å². The van der Waals surface area contributed by atoms with Gasteiger partial charge < -0.3 is 15.5 Å². The zero-order chi connectivity index (χ0) is 26.5. The van der Waals surface area contributed by atoms with Gasteiger partial charge in [-0.15, -0.1) is 0 Å². The van der Waals surface area contributed by atoms with Crippen molar-refractivity contribution in [3.8, 4) is 0 Å². The molecule has 2 aromatic rings. The number of likely N-dealkylation sites (tertiary alicyclic amines) is 2. The summed E-state index contributed by atoms with van der Waals surface area (Å²) in [5.74, 6) is 0.134. The van der Waals surface area contributed by atoms with Crippen molar-refractivity contribution in [3.05, 3.63) is 58.7 Å². The molecule has 2 heterocycles. The SMILES string of the molecule is CN1CCCCC1.Cc1cccc(C)c1NC(=O)C1CCCCN1C.Cc1cccc(C)c1NC=O. The van der Waals surface area contributed by atoms with Gasteiger partial charge in [-0.25, -0.2) is 0 Å². The van der Waals surface area contributed by atoms with Gasteiger partial charge in [-0.05, 0) is 109 Å². The van der Waals surface area contributed by atoms with E-state index in [9.17, 15) is 9.59 Å². The molecule has 2 aliphatic rings. The summed E-state index contributed by atoms with van der Waals surface area (Å²) in [6.45, 7) is 11.7. The van der Waals surface area contributed by atoms with Crippen molar-refractivity contribution in [2.75, 3.05) is 44.4 Å². The molecule has 2 fully saturated rings. The monoisotopic (exact) mass is 494 g/mol. The molecule has 2 amide bonds. The Kier molecular flexibility index (Phi) is 12.6. The number of rotatable bonds is 4. The lowest BCUT2D eigenvalue weighted by Gasteiger charge is -2.31. The van der Waals surface area contributed by atoms with Crippen LogP contribution in [0.15, 0.2) is 36.4 Å². The number of benzene rings is 2. The first-order valence-corrected chi connectivity index (χ1v) is 13.3. The van der Waals surface area contributed by atoms with Gasteiger partial charge >= 0.3 is 0 Å². The summed E-state index contributed by atoms with van der Waals surface area (Å²) in [5, 5.41) is 5.76. The summed E-state index contributed by atoms with van der Waals surface area (Å²) in [6, 6.07) is 12.0. The van der Waals surface area contributed by atoms with Crippen molar-refractivity contribution < 1.29 is 9.59 Å². The van der Waals surface area contributed by atoms with Crippen LogP contribution < -0.4 is 10.6 Å². The third-order valence-electron chi connectivity index (χ3n) is 7.07. The van der Waals surface area contributed by atoms with Crippen LogP contribution in [-0.2, 0) is 9.59 Å². The molecule has 6 heteroatoms. The first-order valence-electron chi connectivity index (χ1n) is 13.3. The molecule has 36 heavy (non-hydrogen) atoms. The Labute approximate surface area is 218 Å². The standard InChI is InChI=1S/C15H22N2O.C9H11NO.C6H13N/c1-11-7-6-8-12(2)14(11)16-15(18)13-9-4-5-10-17(13)3;1-7-4-3-5-8(2)9(7)10-6-11;1-7-5-3-2-4-6-7/h6-8,13H,4-5,9-10H2,1-3H3,(H,16,18);3-6H,1-2H3,(H,10,11);2-6H2,1H3. The molecule has 0 saturated carbocycles. The molecule has 0 bridgehead atoms. The van der Waals surface area contributed by atoms with Crippen molar-refractivity contribution >= 4 is 23.7 Å². The zero-order valence-corrected chi connectivity index (χ0v) is 23.2. The van der Waals surface area contributed by atoms with Crippen molar-refractivity contribution in [2.45, 2.75) is 72.3 Å². The smallest absolute Gasteiger partial charge is 0.241 e. The molecule has 2 N–H and O–H groups in total. The molecule has 2 aromatic carbocycles. The Morgan fingerprint density at radius 1 is 0.778 bits per heavy atom. The summed E-state index contributed by atoms with van der Waals surface area (Å²) in [5.41, 5.74) is 6.33. The highest BCUT2D eigenvalue weighted by Crippen LogP contribution is 2.22. The van der Waals surface area contributed by atoms with E-state index in [0.717, 1.165) is 53.0 Å². The van der Waals surface area contributed by atoms with Crippen molar-refractivity contribution in [2.24, 2.45) is 0 Å². The third kappa shape index (κ3) is 9.40. The van der Waals surface area contributed by atoms with Gasteiger partial charge in [0, 0.05) is 11.4 Å². The summed E-state index contributed by atoms with van der Waals surface area (Å²) in [7, 11) is 4.23. The highest BCUT2D eigenvalue weighted by atomic mass is 16.2. The summed E-state index contributed by atoms with van der Waals surface area (Å²) in [4.78, 5) is 27.0. The predicted molar refractivity (Wildman–Crippen MR) is 152 cm³/mol. The zero-order valence-electron chi connectivity index (χ0n) is 23.2. The number of para-hydroxylation sites is 2. The molecule has 2 aliphatic heterocycles. The average molecular weight is 495 g/mol. The van der Waals surface area contributed by atoms with Crippen LogP contribution in [0.2, 0.25) is 0 Å². The molecule has 1 unspecified atom stereocenters. The van der Waals surface area contributed by atoms with Crippen LogP contribution in [0.5, 0.6) is 0 Å². The number of likely N-dealkylation sites (N-methyl/N-ethyl adjacent to an activating group) is 1. The molecule has 2 saturated heterocycles. The van der Waals surface area contributed by atoms with Gasteiger partial charge in [-0.3, -0.25) is 14.5 Å². The van der Waals surface area contributed by atoms with E-state index in [0.29, 0.717) is 6.41 Å². The summed E-state index contributed by atoms with van der Waals surface area (Å²) in [6.07, 6.45) is 8.29. The van der Waals surface area contributed by atoms with E-state index < -0.39 is 0 Å². The third-order valence-corrected chi connectivity index (χ3v) is 7.07. The van der Waals surface area contributed by atoms with Crippen molar-refractivity contribution in [1.29, 1.82) is 0 Å². The van der Waals surface area contributed by atoms with Gasteiger partial charge in [0.1, 0.15) is 0 Å². The van der Waals surface area contributed by atoms with Gasteiger partial charge in [-0.2, -0.15) is 0 Å². The number of hydrogen-bond donors (Lipinski definition) is 2. The Morgan fingerprint density at radius 3 is 1.72 bits per heavy atom. The van der Waals surface area contributed by atoms with Crippen LogP contribution >= 0.6 is 0 Å². The minimum atomic E-state index is 0.0257. The van der Waals surface area contributed by atoms with E-state index in [-0.39, 0.29) is 11.9 Å². The Balaban J connectivity index is 0.000000214. The van der Waals surface area contributed by atoms with E-state index >= 15 is 0 Å². The number of nitrogens with one attached hydrogen (secondary N) is 2. The molecule has 6 nitrogen and oxygen atoms in total. The first-order chi connectivity index (χ1) is 17.2. The topological polar surface area (TPSA) is 64.7 Å². The first kappa shape index (κ1) is 29.5. The van der Waals surface area contributed by atoms with Crippen LogP contribution in [-0.4, -0.2) is 61.9 Å². The molecular formula is C30H46N4O2. The number of carbonyl (C=O) groups excluding carboxylic acids is 2. The fourth-order valence-corrected chi connectivity index (χ4v) is 4.78. The van der Waals surface area contributed by atoms with E-state index in [2.05, 4.69) is 27.5 Å². The highest BCUT2D eigenvalue weighted by Gasteiger charge is 2.26. The molecule has 0 radical (unpaired) electrons. The predicted octanol–water partition coefficient (Wildman–Crippen LogP) is 5.70. The number of anilines is 2. The maximum Gasteiger partial charge on any atom is 0.241 e. The fraction of sp³-hybridized carbons (Fsp3) is 0.533. The molecule has 0 spiro atoms. The minimum Gasteiger partial charge on any atom is -0.328 e. The van der Waals surface area contributed by atoms with Gasteiger partial charge in [0.15, 0.2) is 0 Å². The maximum atomic E-state index is 12.3. The molecule has 198 valence electrons. The lowest BCUT2D eigenvalue weighted by Crippen LogP contribution is -2.44. The number of piperidine rings is 2. The second kappa shape index (κ2) is 15.4. The largest absolute Gasteiger partial charge is 0.328 e. The van der Waals surface area contributed by atoms with Crippen LogP contribution in [0, 0.1) is 27.7 Å². The number of nitrogens with zero attached hydrogens (tertiary/aromatic N) is 2. The van der Waals surface area contributed by atoms with Gasteiger partial charge in [-0.1, -0.05) is 49.2 Å². The number of carbonyl (C=O) groups is 2. The fourth-order valence-electron chi connectivity index (χ4n) is 4.78. The van der Waals surface area contributed by atoms with Gasteiger partial charge in [0.2, 0.25) is 12.3 Å². The summed E-state index contributed by atoms with van der Waals surface area (Å²) >= 11 is 0. The van der Waals surface area contributed by atoms with Crippen LogP contribution in [0.1, 0.15) is 60.8 Å². The molecule has 0 aromatic heterocycles. The van der Waals surface area contributed by atoms with Crippen LogP contribution in [0.4, 0.5) is 11.4 Å². The lowest BCUT2D eigenvalue weighted by molar-refractivity contribution is -0.121. The van der Waals surface area contributed by atoms with E-state index in [4.69, 9.17) is 0 Å². The minimum absolute atomic E-state index is 0.0257. The van der Waals surface area contributed by atoms with Gasteiger partial charge in [0.25, 0.3) is 0 Å². The maximum absolute atomic E-state index is 12.3.